The fraction of sp³-hybridized carbons (Fsp3) is 0.200. The first-order chi connectivity index (χ1) is 6.18. The van der Waals surface area contributed by atoms with Gasteiger partial charge >= 0.3 is 0 Å². The highest BCUT2D eigenvalue weighted by Crippen LogP contribution is 2.26. The molecule has 0 saturated carbocycles. The van der Waals surface area contributed by atoms with Crippen LogP contribution in [-0.2, 0) is 0 Å². The lowest BCUT2D eigenvalue weighted by Gasteiger charge is -2.04. The molecule has 1 atom stereocenters. The van der Waals surface area contributed by atoms with Crippen molar-refractivity contribution in [2.24, 2.45) is 0 Å². The van der Waals surface area contributed by atoms with Gasteiger partial charge in [0.05, 0.1) is 12.4 Å². The molecule has 1 N–H and O–H groups in total. The predicted octanol–water partition coefficient (Wildman–Crippen LogP) is 2.63. The van der Waals surface area contributed by atoms with Crippen molar-refractivity contribution >= 4 is 11.0 Å². The summed E-state index contributed by atoms with van der Waals surface area (Å²) in [5.41, 5.74) is 1.04. The zero-order valence-corrected chi connectivity index (χ0v) is 7.12. The SMILES string of the molecule is CC(O)c1cc(F)cc2ccoc12. The maximum absolute atomic E-state index is 13.0. The molecule has 1 unspecified atom stereocenters. The molecule has 0 saturated heterocycles. The molecule has 1 aromatic carbocycles. The first-order valence-electron chi connectivity index (χ1n) is 4.03. The Morgan fingerprint density at radius 1 is 1.46 bits per heavy atom. The molecule has 1 heterocycles. The van der Waals surface area contributed by atoms with E-state index in [4.69, 9.17) is 4.42 Å². The first kappa shape index (κ1) is 8.26. The number of benzene rings is 1. The minimum atomic E-state index is -0.718. The van der Waals surface area contributed by atoms with E-state index in [1.165, 1.54) is 18.4 Å². The van der Waals surface area contributed by atoms with Crippen LogP contribution in [0.25, 0.3) is 11.0 Å². The van der Waals surface area contributed by atoms with Gasteiger partial charge in [0.25, 0.3) is 0 Å². The Labute approximate surface area is 74.6 Å². The van der Waals surface area contributed by atoms with Crippen LogP contribution in [0.2, 0.25) is 0 Å². The molecular formula is C10H9FO2. The van der Waals surface area contributed by atoms with E-state index in [9.17, 15) is 9.50 Å². The van der Waals surface area contributed by atoms with Crippen molar-refractivity contribution in [1.82, 2.24) is 0 Å². The first-order valence-corrected chi connectivity index (χ1v) is 4.03. The van der Waals surface area contributed by atoms with Crippen LogP contribution in [0.5, 0.6) is 0 Å². The lowest BCUT2D eigenvalue weighted by molar-refractivity contribution is 0.199. The van der Waals surface area contributed by atoms with E-state index in [1.54, 1.807) is 13.0 Å². The van der Waals surface area contributed by atoms with Crippen molar-refractivity contribution in [3.63, 3.8) is 0 Å². The second-order valence-corrected chi connectivity index (χ2v) is 3.01. The molecular weight excluding hydrogens is 171 g/mol. The number of hydrogen-bond donors (Lipinski definition) is 1. The minimum Gasteiger partial charge on any atom is -0.464 e. The zero-order chi connectivity index (χ0) is 9.42. The summed E-state index contributed by atoms with van der Waals surface area (Å²) in [5.74, 6) is -0.357. The average molecular weight is 180 g/mol. The monoisotopic (exact) mass is 180 g/mol. The van der Waals surface area contributed by atoms with Crippen LogP contribution in [0.15, 0.2) is 28.9 Å². The third-order valence-corrected chi connectivity index (χ3v) is 1.99. The second-order valence-electron chi connectivity index (χ2n) is 3.01. The Morgan fingerprint density at radius 3 is 2.92 bits per heavy atom. The minimum absolute atomic E-state index is 0.357. The maximum atomic E-state index is 13.0. The number of aliphatic hydroxyl groups excluding tert-OH is 1. The Bertz CT molecular complexity index is 431. The van der Waals surface area contributed by atoms with E-state index < -0.39 is 6.10 Å². The van der Waals surface area contributed by atoms with Gasteiger partial charge in [-0.15, -0.1) is 0 Å². The maximum Gasteiger partial charge on any atom is 0.139 e. The quantitative estimate of drug-likeness (QED) is 0.731. The summed E-state index contributed by atoms with van der Waals surface area (Å²) >= 11 is 0. The molecule has 0 amide bonds. The Hall–Kier alpha value is -1.35. The lowest BCUT2D eigenvalue weighted by atomic mass is 10.1. The van der Waals surface area contributed by atoms with Crippen LogP contribution in [0, 0.1) is 5.82 Å². The number of furan rings is 1. The van der Waals surface area contributed by atoms with Gasteiger partial charge in [-0.25, -0.2) is 4.39 Å². The standard InChI is InChI=1S/C10H9FO2/c1-6(12)9-5-8(11)4-7-2-3-13-10(7)9/h2-6,12H,1H3. The van der Waals surface area contributed by atoms with Crippen LogP contribution in [0.3, 0.4) is 0 Å². The van der Waals surface area contributed by atoms with Gasteiger partial charge in [-0.3, -0.25) is 0 Å². The molecule has 68 valence electrons. The highest BCUT2D eigenvalue weighted by molar-refractivity contribution is 5.80. The Morgan fingerprint density at radius 2 is 2.23 bits per heavy atom. The lowest BCUT2D eigenvalue weighted by Crippen LogP contribution is -1.92. The summed E-state index contributed by atoms with van der Waals surface area (Å²) in [5, 5.41) is 10.0. The molecule has 0 aliphatic heterocycles. The fourth-order valence-corrected chi connectivity index (χ4v) is 1.38. The van der Waals surface area contributed by atoms with Gasteiger partial charge in [0.1, 0.15) is 11.4 Å². The van der Waals surface area contributed by atoms with E-state index in [-0.39, 0.29) is 5.82 Å². The van der Waals surface area contributed by atoms with Crippen molar-refractivity contribution in [3.05, 3.63) is 35.8 Å². The molecule has 2 rings (SSSR count). The summed E-state index contributed by atoms with van der Waals surface area (Å²) in [4.78, 5) is 0. The van der Waals surface area contributed by atoms with Gasteiger partial charge in [-0.05, 0) is 25.1 Å². The zero-order valence-electron chi connectivity index (χ0n) is 7.12. The molecule has 0 aliphatic rings. The van der Waals surface area contributed by atoms with Crippen LogP contribution < -0.4 is 0 Å². The van der Waals surface area contributed by atoms with E-state index in [0.29, 0.717) is 16.5 Å². The third-order valence-electron chi connectivity index (χ3n) is 1.99. The van der Waals surface area contributed by atoms with Crippen molar-refractivity contribution in [3.8, 4) is 0 Å². The van der Waals surface area contributed by atoms with Gasteiger partial charge in [0.15, 0.2) is 0 Å². The number of fused-ring (bicyclic) bond motifs is 1. The van der Waals surface area contributed by atoms with E-state index in [1.807, 2.05) is 0 Å². The molecule has 0 radical (unpaired) electrons. The predicted molar refractivity (Wildman–Crippen MR) is 46.8 cm³/mol. The summed E-state index contributed by atoms with van der Waals surface area (Å²) in [6, 6.07) is 4.34. The van der Waals surface area contributed by atoms with Gasteiger partial charge in [0.2, 0.25) is 0 Å². The number of rotatable bonds is 1. The molecule has 0 fully saturated rings. The molecule has 0 bridgehead atoms. The normalized spacial score (nSPS) is 13.5. The fourth-order valence-electron chi connectivity index (χ4n) is 1.38. The largest absolute Gasteiger partial charge is 0.464 e. The molecule has 0 aliphatic carbocycles. The van der Waals surface area contributed by atoms with Crippen LogP contribution in [-0.4, -0.2) is 5.11 Å². The molecule has 3 heteroatoms. The van der Waals surface area contributed by atoms with E-state index in [2.05, 4.69) is 0 Å². The second kappa shape index (κ2) is 2.85. The van der Waals surface area contributed by atoms with Gasteiger partial charge < -0.3 is 9.52 Å². The van der Waals surface area contributed by atoms with Crippen molar-refractivity contribution in [2.45, 2.75) is 13.0 Å². The Kier molecular flexibility index (Phi) is 1.81. The van der Waals surface area contributed by atoms with Gasteiger partial charge in [0, 0.05) is 10.9 Å². The van der Waals surface area contributed by atoms with Crippen LogP contribution >= 0.6 is 0 Å². The van der Waals surface area contributed by atoms with Gasteiger partial charge in [-0.2, -0.15) is 0 Å². The summed E-state index contributed by atoms with van der Waals surface area (Å²) in [6.07, 6.45) is 0.764. The Balaban J connectivity index is 2.77. The molecule has 1 aromatic heterocycles. The molecule has 13 heavy (non-hydrogen) atoms. The van der Waals surface area contributed by atoms with Crippen molar-refractivity contribution < 1.29 is 13.9 Å². The summed E-state index contributed by atoms with van der Waals surface area (Å²) in [6.45, 7) is 1.58. The third kappa shape index (κ3) is 1.31. The average Bonchev–Trinajstić information content (AvgIpc) is 2.49. The number of aliphatic hydroxyl groups is 1. The highest BCUT2D eigenvalue weighted by Gasteiger charge is 2.10. The van der Waals surface area contributed by atoms with Crippen LogP contribution in [0.4, 0.5) is 4.39 Å². The number of halogens is 1. The number of hydrogen-bond acceptors (Lipinski definition) is 2. The van der Waals surface area contributed by atoms with Gasteiger partial charge in [-0.1, -0.05) is 0 Å². The summed E-state index contributed by atoms with van der Waals surface area (Å²) in [7, 11) is 0. The molecule has 2 aromatic rings. The van der Waals surface area contributed by atoms with E-state index in [0.717, 1.165) is 0 Å². The van der Waals surface area contributed by atoms with Crippen LogP contribution in [0.1, 0.15) is 18.6 Å². The topological polar surface area (TPSA) is 33.4 Å². The molecule has 2 nitrogen and oxygen atoms in total. The van der Waals surface area contributed by atoms with Crippen molar-refractivity contribution in [2.75, 3.05) is 0 Å². The highest BCUT2D eigenvalue weighted by atomic mass is 19.1. The molecule has 0 spiro atoms. The van der Waals surface area contributed by atoms with E-state index >= 15 is 0 Å². The summed E-state index contributed by atoms with van der Waals surface area (Å²) < 4.78 is 18.1. The van der Waals surface area contributed by atoms with Crippen molar-refractivity contribution in [1.29, 1.82) is 0 Å². The smallest absolute Gasteiger partial charge is 0.139 e.